The number of hydrogen-bond donors (Lipinski definition) is 2. The molecular formula is C17H27N3O. The number of fused-ring (bicyclic) bond motifs is 1. The molecular weight excluding hydrogens is 262 g/mol. The molecule has 0 saturated carbocycles. The zero-order valence-corrected chi connectivity index (χ0v) is 13.1. The first kappa shape index (κ1) is 16.0. The van der Waals surface area contributed by atoms with E-state index in [1.165, 1.54) is 11.1 Å². The summed E-state index contributed by atoms with van der Waals surface area (Å²) in [5, 5.41) is 2.96. The fraction of sp³-hybridized carbons (Fsp3) is 0.588. The van der Waals surface area contributed by atoms with E-state index in [2.05, 4.69) is 34.5 Å². The smallest absolute Gasteiger partial charge is 0.221 e. The van der Waals surface area contributed by atoms with Crippen molar-refractivity contribution < 1.29 is 4.79 Å². The molecule has 4 nitrogen and oxygen atoms in total. The third-order valence-corrected chi connectivity index (χ3v) is 4.04. The lowest BCUT2D eigenvalue weighted by atomic mass is 10.0. The molecule has 0 saturated heterocycles. The molecule has 3 N–H and O–H groups in total. The van der Waals surface area contributed by atoms with Gasteiger partial charge in [0, 0.05) is 31.6 Å². The molecule has 1 aliphatic rings. The first-order valence-corrected chi connectivity index (χ1v) is 7.90. The monoisotopic (exact) mass is 289 g/mol. The normalized spacial score (nSPS) is 17.1. The SMILES string of the molecule is CC(C)NC(=O)CC(CN)N1CCCc2ccccc2C1. The van der Waals surface area contributed by atoms with Gasteiger partial charge in [0.05, 0.1) is 0 Å². The molecule has 1 aromatic rings. The van der Waals surface area contributed by atoms with Gasteiger partial charge >= 0.3 is 0 Å². The summed E-state index contributed by atoms with van der Waals surface area (Å²) in [4.78, 5) is 14.4. The highest BCUT2D eigenvalue weighted by molar-refractivity contribution is 5.76. The molecule has 1 unspecified atom stereocenters. The molecule has 116 valence electrons. The van der Waals surface area contributed by atoms with E-state index in [1.807, 2.05) is 13.8 Å². The van der Waals surface area contributed by atoms with Crippen molar-refractivity contribution in [1.29, 1.82) is 0 Å². The van der Waals surface area contributed by atoms with Gasteiger partial charge in [0.2, 0.25) is 5.91 Å². The van der Waals surface area contributed by atoms with Crippen LogP contribution in [0.15, 0.2) is 24.3 Å². The van der Waals surface area contributed by atoms with E-state index in [-0.39, 0.29) is 18.0 Å². The Morgan fingerprint density at radius 1 is 1.33 bits per heavy atom. The molecule has 2 rings (SSSR count). The third kappa shape index (κ3) is 4.55. The number of nitrogens with zero attached hydrogens (tertiary/aromatic N) is 1. The largest absolute Gasteiger partial charge is 0.354 e. The maximum Gasteiger partial charge on any atom is 0.221 e. The number of rotatable bonds is 5. The van der Waals surface area contributed by atoms with Crippen LogP contribution < -0.4 is 11.1 Å². The van der Waals surface area contributed by atoms with Crippen LogP contribution in [0.25, 0.3) is 0 Å². The first-order chi connectivity index (χ1) is 10.1. The molecule has 1 heterocycles. The number of carbonyl (C=O) groups is 1. The van der Waals surface area contributed by atoms with Crippen molar-refractivity contribution in [3.63, 3.8) is 0 Å². The minimum atomic E-state index is 0.0954. The molecule has 1 aromatic carbocycles. The highest BCUT2D eigenvalue weighted by Gasteiger charge is 2.23. The van der Waals surface area contributed by atoms with Crippen LogP contribution >= 0.6 is 0 Å². The Bertz CT molecular complexity index is 473. The Kier molecular flexibility index (Phi) is 5.76. The van der Waals surface area contributed by atoms with Gasteiger partial charge < -0.3 is 11.1 Å². The molecule has 0 bridgehead atoms. The Morgan fingerprint density at radius 2 is 2.05 bits per heavy atom. The Hall–Kier alpha value is -1.39. The van der Waals surface area contributed by atoms with Crippen LogP contribution in [0.5, 0.6) is 0 Å². The van der Waals surface area contributed by atoms with Crippen LogP contribution in [0.3, 0.4) is 0 Å². The summed E-state index contributed by atoms with van der Waals surface area (Å²) in [6.07, 6.45) is 2.72. The predicted octanol–water partition coefficient (Wildman–Crippen LogP) is 1.68. The van der Waals surface area contributed by atoms with E-state index in [0.717, 1.165) is 25.9 Å². The van der Waals surface area contributed by atoms with Crippen LogP contribution in [0, 0.1) is 0 Å². The summed E-state index contributed by atoms with van der Waals surface area (Å²) in [5.74, 6) is 0.0954. The van der Waals surface area contributed by atoms with Crippen LogP contribution in [0.2, 0.25) is 0 Å². The lowest BCUT2D eigenvalue weighted by Gasteiger charge is -2.29. The standard InChI is InChI=1S/C17H27N3O/c1-13(2)19-17(21)10-16(11-18)20-9-5-8-14-6-3-4-7-15(14)12-20/h3-4,6-7,13,16H,5,8-12,18H2,1-2H3,(H,19,21). The summed E-state index contributed by atoms with van der Waals surface area (Å²) in [6.45, 7) is 6.39. The highest BCUT2D eigenvalue weighted by Crippen LogP contribution is 2.20. The van der Waals surface area contributed by atoms with Crippen LogP contribution in [-0.2, 0) is 17.8 Å². The van der Waals surface area contributed by atoms with Gasteiger partial charge in [-0.1, -0.05) is 24.3 Å². The van der Waals surface area contributed by atoms with Crippen molar-refractivity contribution in [3.05, 3.63) is 35.4 Å². The van der Waals surface area contributed by atoms with E-state index in [9.17, 15) is 4.79 Å². The summed E-state index contributed by atoms with van der Waals surface area (Å²) >= 11 is 0. The second kappa shape index (κ2) is 7.57. The minimum absolute atomic E-state index is 0.0954. The summed E-state index contributed by atoms with van der Waals surface area (Å²) in [5.41, 5.74) is 8.74. The fourth-order valence-corrected chi connectivity index (χ4v) is 2.99. The quantitative estimate of drug-likeness (QED) is 0.867. The maximum absolute atomic E-state index is 12.0. The second-order valence-corrected chi connectivity index (χ2v) is 6.16. The molecule has 0 aromatic heterocycles. The van der Waals surface area contributed by atoms with Crippen molar-refractivity contribution in [2.24, 2.45) is 5.73 Å². The molecule has 21 heavy (non-hydrogen) atoms. The van der Waals surface area contributed by atoms with Crippen molar-refractivity contribution in [1.82, 2.24) is 10.2 Å². The maximum atomic E-state index is 12.0. The molecule has 1 aliphatic heterocycles. The molecule has 1 atom stereocenters. The number of aryl methyl sites for hydroxylation is 1. The van der Waals surface area contributed by atoms with Crippen molar-refractivity contribution in [2.45, 2.75) is 51.7 Å². The van der Waals surface area contributed by atoms with Gasteiger partial charge in [-0.3, -0.25) is 9.69 Å². The fourth-order valence-electron chi connectivity index (χ4n) is 2.99. The first-order valence-electron chi connectivity index (χ1n) is 7.90. The molecule has 0 fully saturated rings. The van der Waals surface area contributed by atoms with Gasteiger partial charge in [-0.25, -0.2) is 0 Å². The number of benzene rings is 1. The average molecular weight is 289 g/mol. The predicted molar refractivity (Wildman–Crippen MR) is 85.9 cm³/mol. The second-order valence-electron chi connectivity index (χ2n) is 6.16. The van der Waals surface area contributed by atoms with Crippen LogP contribution in [-0.4, -0.2) is 36.0 Å². The van der Waals surface area contributed by atoms with Gasteiger partial charge in [-0.05, 0) is 44.4 Å². The third-order valence-electron chi connectivity index (χ3n) is 4.04. The van der Waals surface area contributed by atoms with Gasteiger partial charge in [0.15, 0.2) is 0 Å². The number of carbonyl (C=O) groups excluding carboxylic acids is 1. The molecule has 1 amide bonds. The van der Waals surface area contributed by atoms with Gasteiger partial charge in [-0.2, -0.15) is 0 Å². The van der Waals surface area contributed by atoms with Gasteiger partial charge in [0.1, 0.15) is 0 Å². The molecule has 0 radical (unpaired) electrons. The lowest BCUT2D eigenvalue weighted by molar-refractivity contribution is -0.122. The zero-order valence-electron chi connectivity index (χ0n) is 13.1. The number of nitrogens with two attached hydrogens (primary N) is 1. The Morgan fingerprint density at radius 3 is 2.71 bits per heavy atom. The topological polar surface area (TPSA) is 58.4 Å². The highest BCUT2D eigenvalue weighted by atomic mass is 16.1. The van der Waals surface area contributed by atoms with E-state index >= 15 is 0 Å². The van der Waals surface area contributed by atoms with Crippen molar-refractivity contribution in [2.75, 3.05) is 13.1 Å². The number of amides is 1. The van der Waals surface area contributed by atoms with Gasteiger partial charge in [0.25, 0.3) is 0 Å². The molecule has 4 heteroatoms. The Balaban J connectivity index is 2.03. The number of hydrogen-bond acceptors (Lipinski definition) is 3. The van der Waals surface area contributed by atoms with E-state index in [1.54, 1.807) is 0 Å². The summed E-state index contributed by atoms with van der Waals surface area (Å²) < 4.78 is 0. The lowest BCUT2D eigenvalue weighted by Crippen LogP contribution is -2.44. The zero-order chi connectivity index (χ0) is 15.2. The van der Waals surface area contributed by atoms with Crippen molar-refractivity contribution >= 4 is 5.91 Å². The number of nitrogens with one attached hydrogen (secondary N) is 1. The van der Waals surface area contributed by atoms with E-state index in [4.69, 9.17) is 5.73 Å². The van der Waals surface area contributed by atoms with Crippen LogP contribution in [0.1, 0.15) is 37.8 Å². The Labute approximate surface area is 127 Å². The van der Waals surface area contributed by atoms with Gasteiger partial charge in [-0.15, -0.1) is 0 Å². The van der Waals surface area contributed by atoms with Crippen LogP contribution in [0.4, 0.5) is 0 Å². The molecule has 0 spiro atoms. The van der Waals surface area contributed by atoms with Crippen molar-refractivity contribution in [3.8, 4) is 0 Å². The average Bonchev–Trinajstić information content (AvgIpc) is 2.66. The summed E-state index contributed by atoms with van der Waals surface area (Å²) in [7, 11) is 0. The van der Waals surface area contributed by atoms with E-state index in [0.29, 0.717) is 13.0 Å². The van der Waals surface area contributed by atoms with E-state index < -0.39 is 0 Å². The molecule has 0 aliphatic carbocycles. The summed E-state index contributed by atoms with van der Waals surface area (Å²) in [6, 6.07) is 8.89. The minimum Gasteiger partial charge on any atom is -0.354 e.